The van der Waals surface area contributed by atoms with E-state index >= 15 is 0 Å². The molecule has 0 spiro atoms. The van der Waals surface area contributed by atoms with Crippen molar-refractivity contribution in [2.45, 2.75) is 33.1 Å². The van der Waals surface area contributed by atoms with Crippen LogP contribution < -0.4 is 0 Å². The largest absolute Gasteiger partial charge is 0.328 e. The van der Waals surface area contributed by atoms with Crippen molar-refractivity contribution in [2.75, 3.05) is 12.8 Å². The lowest BCUT2D eigenvalue weighted by molar-refractivity contribution is 0.255. The van der Waals surface area contributed by atoms with Gasteiger partial charge in [0.15, 0.2) is 17.4 Å². The Balaban J connectivity index is 0. The number of unbranched alkanes of at least 4 members (excludes halogenated alkanes) is 1. The standard InChI is InChI=1S/C7H17O3P.Al.3H/c1-3-5-6-10-11(8,9)7-4-2;;;;/h3-7H2,1-2H3,(H,8,9);;;;. The lowest BCUT2D eigenvalue weighted by Crippen LogP contribution is -1.95. The molecular weight excluding hydrogens is 190 g/mol. The Hall–Kier alpha value is 0.682. The van der Waals surface area contributed by atoms with Gasteiger partial charge in [-0.15, -0.1) is 0 Å². The second kappa shape index (κ2) is 8.29. The van der Waals surface area contributed by atoms with Gasteiger partial charge in [-0.2, -0.15) is 0 Å². The summed E-state index contributed by atoms with van der Waals surface area (Å²) in [6.45, 7) is 4.29. The molecule has 0 saturated heterocycles. The molecule has 0 fully saturated rings. The molecule has 0 aromatic heterocycles. The van der Waals surface area contributed by atoms with Crippen molar-refractivity contribution in [3.63, 3.8) is 0 Å². The minimum absolute atomic E-state index is 0. The van der Waals surface area contributed by atoms with Gasteiger partial charge in [0.1, 0.15) is 0 Å². The minimum atomic E-state index is -3.22. The van der Waals surface area contributed by atoms with Gasteiger partial charge in [0.05, 0.1) is 6.61 Å². The van der Waals surface area contributed by atoms with Gasteiger partial charge >= 0.3 is 7.60 Å². The maximum absolute atomic E-state index is 11.0. The van der Waals surface area contributed by atoms with Gasteiger partial charge in [-0.25, -0.2) is 0 Å². The van der Waals surface area contributed by atoms with E-state index < -0.39 is 7.60 Å². The van der Waals surface area contributed by atoms with Crippen LogP contribution >= 0.6 is 7.60 Å². The molecule has 3 nitrogen and oxygen atoms in total. The quantitative estimate of drug-likeness (QED) is 0.407. The zero-order chi connectivity index (χ0) is 8.74. The molecule has 0 heterocycles. The Bertz CT molecular complexity index is 141. The third-order valence-electron chi connectivity index (χ3n) is 1.30. The maximum Gasteiger partial charge on any atom is 0.328 e. The van der Waals surface area contributed by atoms with Crippen LogP contribution in [0.3, 0.4) is 0 Å². The zero-order valence-corrected chi connectivity index (χ0v) is 8.14. The Labute approximate surface area is 85.2 Å². The van der Waals surface area contributed by atoms with Crippen LogP contribution in [-0.4, -0.2) is 35.0 Å². The second-order valence-electron chi connectivity index (χ2n) is 2.55. The summed E-state index contributed by atoms with van der Waals surface area (Å²) in [6, 6.07) is 0. The third-order valence-corrected chi connectivity index (χ3v) is 2.90. The third kappa shape index (κ3) is 8.78. The number of rotatable bonds is 6. The van der Waals surface area contributed by atoms with Gasteiger partial charge in [-0.3, -0.25) is 4.57 Å². The maximum atomic E-state index is 11.0. The predicted octanol–water partition coefficient (Wildman–Crippen LogP) is 1.21. The molecule has 0 aromatic carbocycles. The molecule has 0 radical (unpaired) electrons. The highest BCUT2D eigenvalue weighted by Gasteiger charge is 2.16. The molecule has 1 unspecified atom stereocenters. The summed E-state index contributed by atoms with van der Waals surface area (Å²) in [5, 5.41) is 0. The van der Waals surface area contributed by atoms with Crippen molar-refractivity contribution < 1.29 is 14.0 Å². The summed E-state index contributed by atoms with van der Waals surface area (Å²) in [7, 11) is -3.22. The van der Waals surface area contributed by atoms with Crippen molar-refractivity contribution in [3.8, 4) is 0 Å². The van der Waals surface area contributed by atoms with Crippen LogP contribution in [0.4, 0.5) is 0 Å². The molecule has 0 bridgehead atoms. The van der Waals surface area contributed by atoms with E-state index in [0.717, 1.165) is 12.8 Å². The Morgan fingerprint density at radius 2 is 1.92 bits per heavy atom. The summed E-state index contributed by atoms with van der Waals surface area (Å²) in [5.74, 6) is 0. The molecule has 0 aliphatic carbocycles. The molecule has 0 rings (SSSR count). The fraction of sp³-hybridized carbons (Fsp3) is 1.00. The molecule has 74 valence electrons. The van der Waals surface area contributed by atoms with Crippen LogP contribution in [0.5, 0.6) is 0 Å². The fourth-order valence-electron chi connectivity index (χ4n) is 0.699. The number of hydrogen-bond donors (Lipinski definition) is 1. The molecule has 0 saturated carbocycles. The Morgan fingerprint density at radius 1 is 1.33 bits per heavy atom. The van der Waals surface area contributed by atoms with E-state index in [9.17, 15) is 4.57 Å². The monoisotopic (exact) mass is 210 g/mol. The van der Waals surface area contributed by atoms with E-state index in [4.69, 9.17) is 9.42 Å². The fourth-order valence-corrected chi connectivity index (χ4v) is 1.81. The van der Waals surface area contributed by atoms with Crippen LogP contribution in [0.1, 0.15) is 33.1 Å². The lowest BCUT2D eigenvalue weighted by Gasteiger charge is -2.09. The van der Waals surface area contributed by atoms with Gasteiger partial charge in [0, 0.05) is 6.16 Å². The highest BCUT2D eigenvalue weighted by Crippen LogP contribution is 2.42. The predicted molar refractivity (Wildman–Crippen MR) is 55.8 cm³/mol. The lowest BCUT2D eigenvalue weighted by atomic mass is 10.4. The first kappa shape index (κ1) is 15.2. The van der Waals surface area contributed by atoms with E-state index in [1.165, 1.54) is 0 Å². The van der Waals surface area contributed by atoms with Crippen LogP contribution in [0.25, 0.3) is 0 Å². The van der Waals surface area contributed by atoms with Crippen molar-refractivity contribution in [1.82, 2.24) is 0 Å². The minimum Gasteiger partial charge on any atom is -0.324 e. The van der Waals surface area contributed by atoms with E-state index in [1.807, 2.05) is 13.8 Å². The topological polar surface area (TPSA) is 46.5 Å². The Morgan fingerprint density at radius 3 is 2.33 bits per heavy atom. The van der Waals surface area contributed by atoms with Crippen molar-refractivity contribution in [1.29, 1.82) is 0 Å². The van der Waals surface area contributed by atoms with E-state index in [0.29, 0.717) is 13.0 Å². The van der Waals surface area contributed by atoms with Crippen LogP contribution in [-0.2, 0) is 9.09 Å². The van der Waals surface area contributed by atoms with Gasteiger partial charge < -0.3 is 9.42 Å². The molecule has 1 atom stereocenters. The highest BCUT2D eigenvalue weighted by atomic mass is 31.2. The zero-order valence-electron chi connectivity index (χ0n) is 7.25. The first-order valence-electron chi connectivity index (χ1n) is 4.08. The van der Waals surface area contributed by atoms with E-state index in [1.54, 1.807) is 0 Å². The summed E-state index contributed by atoms with van der Waals surface area (Å²) in [5.41, 5.74) is 0. The van der Waals surface area contributed by atoms with Gasteiger partial charge in [-0.05, 0) is 12.8 Å². The molecule has 0 amide bonds. The first-order valence-corrected chi connectivity index (χ1v) is 5.85. The molecular formula is C7H20AlO3P. The Kier molecular flexibility index (Phi) is 10.5. The summed E-state index contributed by atoms with van der Waals surface area (Å²) >= 11 is 0. The summed E-state index contributed by atoms with van der Waals surface area (Å²) < 4.78 is 15.8. The second-order valence-corrected chi connectivity index (χ2v) is 4.53. The number of hydrogen-bond acceptors (Lipinski definition) is 2. The average molecular weight is 210 g/mol. The molecule has 5 heteroatoms. The van der Waals surface area contributed by atoms with E-state index in [-0.39, 0.29) is 23.5 Å². The van der Waals surface area contributed by atoms with Crippen LogP contribution in [0.2, 0.25) is 0 Å². The highest BCUT2D eigenvalue weighted by molar-refractivity contribution is 7.52. The molecule has 12 heavy (non-hydrogen) atoms. The molecule has 0 aliphatic heterocycles. The molecule has 1 N–H and O–H groups in total. The van der Waals surface area contributed by atoms with E-state index in [2.05, 4.69) is 0 Å². The first-order chi connectivity index (χ1) is 5.12. The smallest absolute Gasteiger partial charge is 0.324 e. The van der Waals surface area contributed by atoms with Gasteiger partial charge in [-0.1, -0.05) is 20.3 Å². The normalized spacial score (nSPS) is 14.9. The van der Waals surface area contributed by atoms with Crippen molar-refractivity contribution in [2.24, 2.45) is 0 Å². The summed E-state index contributed by atoms with van der Waals surface area (Å²) in [4.78, 5) is 9.07. The van der Waals surface area contributed by atoms with Gasteiger partial charge in [0.25, 0.3) is 0 Å². The van der Waals surface area contributed by atoms with Crippen molar-refractivity contribution in [3.05, 3.63) is 0 Å². The average Bonchev–Trinajstić information content (AvgIpc) is 1.87. The summed E-state index contributed by atoms with van der Waals surface area (Å²) in [6.07, 6.45) is 2.82. The van der Waals surface area contributed by atoms with Crippen molar-refractivity contribution >= 4 is 25.0 Å². The molecule has 0 aliphatic rings. The SMILES string of the molecule is CCCCOP(=O)(O)CCC.[AlH3]. The van der Waals surface area contributed by atoms with Crippen LogP contribution in [0.15, 0.2) is 0 Å². The van der Waals surface area contributed by atoms with Crippen LogP contribution in [0, 0.1) is 0 Å². The molecule has 0 aromatic rings. The van der Waals surface area contributed by atoms with Gasteiger partial charge in [0.2, 0.25) is 0 Å².